The summed E-state index contributed by atoms with van der Waals surface area (Å²) in [6, 6.07) is 1.62. The molecule has 0 spiro atoms. The van der Waals surface area contributed by atoms with Crippen molar-refractivity contribution < 1.29 is 17.9 Å². The van der Waals surface area contributed by atoms with E-state index < -0.39 is 9.05 Å². The number of ether oxygens (including phenoxy) is 2. The van der Waals surface area contributed by atoms with E-state index in [0.717, 1.165) is 4.48 Å². The van der Waals surface area contributed by atoms with Gasteiger partial charge in [-0.15, -0.1) is 0 Å². The van der Waals surface area contributed by atoms with Crippen LogP contribution in [0, 0.1) is 11.8 Å². The molecule has 4 nitrogen and oxygen atoms in total. The van der Waals surface area contributed by atoms with Crippen molar-refractivity contribution in [2.75, 3.05) is 20.0 Å². The van der Waals surface area contributed by atoms with Gasteiger partial charge in [-0.1, -0.05) is 53.0 Å². The predicted octanol–water partition coefficient (Wildman–Crippen LogP) is 5.98. The summed E-state index contributed by atoms with van der Waals surface area (Å²) in [4.78, 5) is 0. The summed E-state index contributed by atoms with van der Waals surface area (Å²) in [6.45, 7) is 3.93. The van der Waals surface area contributed by atoms with Crippen LogP contribution in [0.5, 0.6) is 11.5 Å². The van der Waals surface area contributed by atoms with Gasteiger partial charge in [0.15, 0.2) is 0 Å². The summed E-state index contributed by atoms with van der Waals surface area (Å²) in [7, 11) is 4.79. The molecule has 0 aliphatic rings. The van der Waals surface area contributed by atoms with Gasteiger partial charge in [-0.05, 0) is 28.8 Å². The lowest BCUT2D eigenvalue weighted by Crippen LogP contribution is -2.12. The Balaban J connectivity index is 3.16. The van der Waals surface area contributed by atoms with Gasteiger partial charge in [0.05, 0.1) is 30.0 Å². The van der Waals surface area contributed by atoms with Crippen LogP contribution in [0.4, 0.5) is 0 Å². The first kappa shape index (κ1) is 22.9. The van der Waals surface area contributed by atoms with Crippen LogP contribution in [0.15, 0.2) is 10.5 Å². The lowest BCUT2D eigenvalue weighted by atomic mass is 9.92. The zero-order valence-corrected chi connectivity index (χ0v) is 18.9. The molecule has 0 aliphatic heterocycles. The van der Waals surface area contributed by atoms with E-state index in [1.54, 1.807) is 12.1 Å². The van der Waals surface area contributed by atoms with Crippen molar-refractivity contribution in [2.24, 2.45) is 11.8 Å². The van der Waals surface area contributed by atoms with Gasteiger partial charge in [0.2, 0.25) is 9.05 Å². The standard InChI is InChI=1S/C16H20BrCl3O4S/c1-9(5-6-25(20,21)22)10(2)12(17)7-11-15(18)13(23-3)8-14(24-4)16(11)19/h7-10H,5-6H2,1-4H3/b12-7+/t9?,10-/m0/s1. The maximum atomic E-state index is 11.1. The quantitative estimate of drug-likeness (QED) is 0.418. The summed E-state index contributed by atoms with van der Waals surface area (Å²) in [5.41, 5.74) is 0.565. The zero-order chi connectivity index (χ0) is 19.4. The van der Waals surface area contributed by atoms with E-state index >= 15 is 0 Å². The van der Waals surface area contributed by atoms with Gasteiger partial charge in [0, 0.05) is 22.3 Å². The minimum atomic E-state index is -3.51. The third kappa shape index (κ3) is 6.51. The Kier molecular flexibility index (Phi) is 8.88. The third-order valence-electron chi connectivity index (χ3n) is 4.00. The summed E-state index contributed by atoms with van der Waals surface area (Å²) in [5, 5.41) is 0.738. The van der Waals surface area contributed by atoms with E-state index in [0.29, 0.717) is 33.5 Å². The zero-order valence-electron chi connectivity index (χ0n) is 14.3. The predicted molar refractivity (Wildman–Crippen MR) is 109 cm³/mol. The van der Waals surface area contributed by atoms with Crippen molar-refractivity contribution in [3.8, 4) is 11.5 Å². The van der Waals surface area contributed by atoms with E-state index in [4.69, 9.17) is 43.4 Å². The van der Waals surface area contributed by atoms with Crippen molar-refractivity contribution in [2.45, 2.75) is 20.3 Å². The highest BCUT2D eigenvalue weighted by Crippen LogP contribution is 2.42. The Morgan fingerprint density at radius 1 is 1.20 bits per heavy atom. The van der Waals surface area contributed by atoms with Crippen LogP contribution < -0.4 is 9.47 Å². The topological polar surface area (TPSA) is 52.6 Å². The Labute approximate surface area is 172 Å². The molecule has 1 aromatic rings. The van der Waals surface area contributed by atoms with Crippen LogP contribution in [-0.4, -0.2) is 28.4 Å². The maximum absolute atomic E-state index is 11.1. The molecule has 0 amide bonds. The summed E-state index contributed by atoms with van der Waals surface area (Å²) in [6.07, 6.45) is 2.24. The van der Waals surface area contributed by atoms with E-state index in [9.17, 15) is 8.42 Å². The smallest absolute Gasteiger partial charge is 0.232 e. The minimum absolute atomic E-state index is 0.0303. The Hall–Kier alpha value is -0.140. The number of allylic oxidation sites excluding steroid dienone is 1. The van der Waals surface area contributed by atoms with Crippen LogP contribution in [-0.2, 0) is 9.05 Å². The van der Waals surface area contributed by atoms with Crippen LogP contribution in [0.1, 0.15) is 25.8 Å². The number of benzene rings is 1. The minimum Gasteiger partial charge on any atom is -0.495 e. The SMILES string of the molecule is COc1cc(OC)c(Cl)c(/C=C(/Br)[C@@H](C)C(C)CCS(=O)(=O)Cl)c1Cl. The molecule has 0 fully saturated rings. The number of methoxy groups -OCH3 is 2. The van der Waals surface area contributed by atoms with Gasteiger partial charge < -0.3 is 9.47 Å². The number of hydrogen-bond acceptors (Lipinski definition) is 4. The second-order valence-electron chi connectivity index (χ2n) is 5.65. The largest absolute Gasteiger partial charge is 0.495 e. The molecule has 9 heteroatoms. The lowest BCUT2D eigenvalue weighted by Gasteiger charge is -2.20. The highest BCUT2D eigenvalue weighted by molar-refractivity contribution is 9.11. The van der Waals surface area contributed by atoms with Crippen LogP contribution in [0.25, 0.3) is 6.08 Å². The molecule has 2 atom stereocenters. The molecular formula is C16H20BrCl3O4S. The first-order valence-electron chi connectivity index (χ1n) is 7.41. The fourth-order valence-corrected chi connectivity index (χ4v) is 4.36. The number of hydrogen-bond donors (Lipinski definition) is 0. The van der Waals surface area contributed by atoms with Gasteiger partial charge in [-0.3, -0.25) is 0 Å². The second kappa shape index (κ2) is 9.70. The summed E-state index contributed by atoms with van der Waals surface area (Å²) < 4.78 is 33.6. The third-order valence-corrected chi connectivity index (χ3v) is 6.91. The number of rotatable bonds is 8. The Morgan fingerprint density at radius 3 is 2.08 bits per heavy atom. The first-order chi connectivity index (χ1) is 11.5. The normalized spacial score (nSPS) is 15.0. The molecular weight excluding hydrogens is 475 g/mol. The maximum Gasteiger partial charge on any atom is 0.232 e. The average molecular weight is 495 g/mol. The van der Waals surface area contributed by atoms with Crippen LogP contribution in [0.3, 0.4) is 0 Å². The van der Waals surface area contributed by atoms with Crippen molar-refractivity contribution in [3.63, 3.8) is 0 Å². The fraction of sp³-hybridized carbons (Fsp3) is 0.500. The summed E-state index contributed by atoms with van der Waals surface area (Å²) >= 11 is 16.3. The molecule has 0 saturated carbocycles. The van der Waals surface area contributed by atoms with E-state index in [1.165, 1.54) is 14.2 Å². The van der Waals surface area contributed by atoms with Crippen LogP contribution in [0.2, 0.25) is 10.0 Å². The Bertz CT molecular complexity index is 722. The van der Waals surface area contributed by atoms with E-state index in [2.05, 4.69) is 15.9 Å². The van der Waals surface area contributed by atoms with Gasteiger partial charge in [0.1, 0.15) is 11.5 Å². The molecule has 0 aromatic heterocycles. The van der Waals surface area contributed by atoms with Crippen molar-refractivity contribution in [1.29, 1.82) is 0 Å². The van der Waals surface area contributed by atoms with E-state index in [-0.39, 0.29) is 17.6 Å². The average Bonchev–Trinajstić information content (AvgIpc) is 2.55. The lowest BCUT2D eigenvalue weighted by molar-refractivity contribution is 0.394. The molecule has 142 valence electrons. The highest BCUT2D eigenvalue weighted by atomic mass is 79.9. The molecule has 0 N–H and O–H groups in total. The second-order valence-corrected chi connectivity index (χ2v) is 10.2. The molecule has 0 radical (unpaired) electrons. The van der Waals surface area contributed by atoms with Crippen molar-refractivity contribution in [3.05, 3.63) is 26.2 Å². The fourth-order valence-electron chi connectivity index (χ4n) is 2.15. The molecule has 1 rings (SSSR count). The molecule has 25 heavy (non-hydrogen) atoms. The Morgan fingerprint density at radius 2 is 1.68 bits per heavy atom. The molecule has 0 heterocycles. The summed E-state index contributed by atoms with van der Waals surface area (Å²) in [5.74, 6) is 0.924. The van der Waals surface area contributed by atoms with Gasteiger partial charge in [0.25, 0.3) is 0 Å². The molecule has 0 saturated heterocycles. The van der Waals surface area contributed by atoms with Gasteiger partial charge in [-0.2, -0.15) is 0 Å². The molecule has 1 aromatic carbocycles. The molecule has 1 unspecified atom stereocenters. The molecule has 0 bridgehead atoms. The van der Waals surface area contributed by atoms with Crippen LogP contribution >= 0.6 is 49.8 Å². The monoisotopic (exact) mass is 492 g/mol. The van der Waals surface area contributed by atoms with Crippen molar-refractivity contribution >= 4 is 64.9 Å². The molecule has 0 aliphatic carbocycles. The first-order valence-corrected chi connectivity index (χ1v) is 11.4. The highest BCUT2D eigenvalue weighted by Gasteiger charge is 2.20. The number of halogens is 4. The van der Waals surface area contributed by atoms with Gasteiger partial charge >= 0.3 is 0 Å². The van der Waals surface area contributed by atoms with Crippen molar-refractivity contribution in [1.82, 2.24) is 0 Å². The van der Waals surface area contributed by atoms with E-state index in [1.807, 2.05) is 13.8 Å². The van der Waals surface area contributed by atoms with Gasteiger partial charge in [-0.25, -0.2) is 8.42 Å².